The second-order valence-electron chi connectivity index (χ2n) is 5.17. The average Bonchev–Trinajstić information content (AvgIpc) is 2.63. The molecule has 0 saturated heterocycles. The average molecular weight is 345 g/mol. The molecule has 5 nitrogen and oxygen atoms in total. The highest BCUT2D eigenvalue weighted by atomic mass is 35.5. The third kappa shape index (κ3) is 3.78. The van der Waals surface area contributed by atoms with Crippen LogP contribution in [0.25, 0.3) is 0 Å². The monoisotopic (exact) mass is 344 g/mol. The number of hydrogen-bond donors (Lipinski definition) is 2. The zero-order valence-corrected chi connectivity index (χ0v) is 13.3. The number of nitrogens with one attached hydrogen (secondary N) is 2. The summed E-state index contributed by atoms with van der Waals surface area (Å²) < 4.78 is 13.1. The van der Waals surface area contributed by atoms with Gasteiger partial charge in [-0.25, -0.2) is 4.39 Å². The molecule has 1 amide bonds. The van der Waals surface area contributed by atoms with Crippen molar-refractivity contribution in [3.63, 3.8) is 0 Å². The van der Waals surface area contributed by atoms with E-state index in [9.17, 15) is 9.18 Å². The van der Waals surface area contributed by atoms with Gasteiger partial charge in [-0.05, 0) is 35.9 Å². The first kappa shape index (κ1) is 16.1. The number of allylic oxidation sites excluding steroid dienone is 1. The first-order valence-corrected chi connectivity index (χ1v) is 7.65. The van der Waals surface area contributed by atoms with Crippen LogP contribution >= 0.6 is 11.6 Å². The Morgan fingerprint density at radius 3 is 2.83 bits per heavy atom. The summed E-state index contributed by atoms with van der Waals surface area (Å²) in [5.74, 6) is -0.700. The van der Waals surface area contributed by atoms with Crippen molar-refractivity contribution in [2.75, 3.05) is 6.54 Å². The number of halogens is 2. The molecule has 0 fully saturated rings. The molecule has 2 heterocycles. The van der Waals surface area contributed by atoms with Gasteiger partial charge in [0.15, 0.2) is 0 Å². The Morgan fingerprint density at radius 1 is 1.29 bits per heavy atom. The quantitative estimate of drug-likeness (QED) is 0.895. The number of rotatable bonds is 4. The summed E-state index contributed by atoms with van der Waals surface area (Å²) in [6.45, 7) is 0.600. The first-order valence-electron chi connectivity index (χ1n) is 7.27. The van der Waals surface area contributed by atoms with Crippen LogP contribution in [0.3, 0.4) is 0 Å². The Kier molecular flexibility index (Phi) is 4.86. The Labute approximate surface area is 143 Å². The summed E-state index contributed by atoms with van der Waals surface area (Å²) in [5.41, 5.74) is 5.66. The van der Waals surface area contributed by atoms with E-state index in [4.69, 9.17) is 11.6 Å². The molecule has 1 aromatic heterocycles. The maximum absolute atomic E-state index is 13.1. The largest absolute Gasteiger partial charge is 0.348 e. The van der Waals surface area contributed by atoms with Crippen molar-refractivity contribution in [2.24, 2.45) is 5.10 Å². The molecule has 24 heavy (non-hydrogen) atoms. The highest BCUT2D eigenvalue weighted by molar-refractivity contribution is 6.30. The van der Waals surface area contributed by atoms with E-state index in [1.54, 1.807) is 24.5 Å². The molecule has 1 aliphatic heterocycles. The van der Waals surface area contributed by atoms with Crippen LogP contribution < -0.4 is 10.7 Å². The summed E-state index contributed by atoms with van der Waals surface area (Å²) in [5, 5.41) is 7.02. The van der Waals surface area contributed by atoms with Gasteiger partial charge in [-0.3, -0.25) is 9.78 Å². The van der Waals surface area contributed by atoms with E-state index in [0.717, 1.165) is 11.1 Å². The molecule has 0 aliphatic carbocycles. The van der Waals surface area contributed by atoms with E-state index in [0.29, 0.717) is 17.8 Å². The number of amides is 1. The minimum absolute atomic E-state index is 0.0346. The summed E-state index contributed by atoms with van der Waals surface area (Å²) in [7, 11) is 0. The van der Waals surface area contributed by atoms with Crippen molar-refractivity contribution in [1.29, 1.82) is 0 Å². The number of aromatic nitrogens is 1. The SMILES string of the molecule is O=C(NCc1ccc(F)c(Cl)c1)C1=CC(c2ccncc2)=NNC1. The summed E-state index contributed by atoms with van der Waals surface area (Å²) in [6, 6.07) is 7.99. The molecule has 0 saturated carbocycles. The van der Waals surface area contributed by atoms with Gasteiger partial charge in [-0.2, -0.15) is 5.10 Å². The topological polar surface area (TPSA) is 66.4 Å². The van der Waals surface area contributed by atoms with Gasteiger partial charge in [0.05, 0.1) is 17.3 Å². The summed E-state index contributed by atoms with van der Waals surface area (Å²) >= 11 is 5.73. The van der Waals surface area contributed by atoms with Crippen LogP contribution in [0.1, 0.15) is 11.1 Å². The number of carbonyl (C=O) groups excluding carboxylic acids is 1. The molecule has 1 aromatic carbocycles. The molecule has 2 N–H and O–H groups in total. The summed E-state index contributed by atoms with van der Waals surface area (Å²) in [4.78, 5) is 16.3. The fourth-order valence-electron chi connectivity index (χ4n) is 2.22. The van der Waals surface area contributed by atoms with Gasteiger partial charge >= 0.3 is 0 Å². The highest BCUT2D eigenvalue weighted by Gasteiger charge is 2.15. The normalized spacial score (nSPS) is 13.6. The Balaban J connectivity index is 1.67. The molecule has 122 valence electrons. The van der Waals surface area contributed by atoms with Gasteiger partial charge in [-0.1, -0.05) is 17.7 Å². The minimum atomic E-state index is -0.482. The molecular weight excluding hydrogens is 331 g/mol. The van der Waals surface area contributed by atoms with Crippen LogP contribution in [0, 0.1) is 5.82 Å². The van der Waals surface area contributed by atoms with E-state index >= 15 is 0 Å². The van der Waals surface area contributed by atoms with Crippen molar-refractivity contribution in [3.8, 4) is 0 Å². The van der Waals surface area contributed by atoms with Gasteiger partial charge in [0.1, 0.15) is 5.82 Å². The van der Waals surface area contributed by atoms with Crippen LogP contribution in [0.4, 0.5) is 4.39 Å². The van der Waals surface area contributed by atoms with Crippen molar-refractivity contribution in [1.82, 2.24) is 15.7 Å². The van der Waals surface area contributed by atoms with Crippen molar-refractivity contribution >= 4 is 23.2 Å². The molecule has 7 heteroatoms. The van der Waals surface area contributed by atoms with Crippen LogP contribution in [-0.2, 0) is 11.3 Å². The standard InChI is InChI=1S/C17H14ClFN4O/c18-14-7-11(1-2-15(14)19)9-21-17(24)13-8-16(23-22-10-13)12-3-5-20-6-4-12/h1-8,22H,9-10H2,(H,21,24). The number of benzene rings is 1. The third-order valence-electron chi connectivity index (χ3n) is 3.48. The van der Waals surface area contributed by atoms with Crippen LogP contribution in [0.5, 0.6) is 0 Å². The zero-order chi connectivity index (χ0) is 16.9. The predicted octanol–water partition coefficient (Wildman–Crippen LogP) is 2.42. The summed E-state index contributed by atoms with van der Waals surface area (Å²) in [6.07, 6.45) is 5.06. The lowest BCUT2D eigenvalue weighted by molar-refractivity contribution is -0.117. The van der Waals surface area contributed by atoms with Gasteiger partial charge in [-0.15, -0.1) is 0 Å². The molecule has 3 rings (SSSR count). The lowest BCUT2D eigenvalue weighted by Gasteiger charge is -2.14. The maximum Gasteiger partial charge on any atom is 0.249 e. The molecule has 0 spiro atoms. The number of nitrogens with zero attached hydrogens (tertiary/aromatic N) is 2. The van der Waals surface area contributed by atoms with Crippen molar-refractivity contribution in [3.05, 3.63) is 76.3 Å². The second-order valence-corrected chi connectivity index (χ2v) is 5.58. The van der Waals surface area contributed by atoms with Crippen LogP contribution in [0.2, 0.25) is 5.02 Å². The Hall–Kier alpha value is -2.73. The maximum atomic E-state index is 13.1. The minimum Gasteiger partial charge on any atom is -0.348 e. The number of pyridine rings is 1. The lowest BCUT2D eigenvalue weighted by atomic mass is 10.1. The van der Waals surface area contributed by atoms with E-state index < -0.39 is 5.82 Å². The fraction of sp³-hybridized carbons (Fsp3) is 0.118. The first-order chi connectivity index (χ1) is 11.6. The highest BCUT2D eigenvalue weighted by Crippen LogP contribution is 2.16. The molecule has 0 bridgehead atoms. The van der Waals surface area contributed by atoms with Gasteiger partial charge in [0.25, 0.3) is 0 Å². The molecule has 1 aliphatic rings. The molecule has 0 radical (unpaired) electrons. The third-order valence-corrected chi connectivity index (χ3v) is 3.77. The molecule has 2 aromatic rings. The second kappa shape index (κ2) is 7.23. The smallest absolute Gasteiger partial charge is 0.249 e. The fourth-order valence-corrected chi connectivity index (χ4v) is 2.42. The molecule has 0 unspecified atom stereocenters. The van der Waals surface area contributed by atoms with Crippen molar-refractivity contribution in [2.45, 2.75) is 6.54 Å². The van der Waals surface area contributed by atoms with Crippen LogP contribution in [-0.4, -0.2) is 23.1 Å². The molecule has 0 atom stereocenters. The lowest BCUT2D eigenvalue weighted by Crippen LogP contribution is -2.32. The van der Waals surface area contributed by atoms with Gasteiger partial charge in [0, 0.05) is 30.1 Å². The van der Waals surface area contributed by atoms with E-state index in [1.807, 2.05) is 12.1 Å². The van der Waals surface area contributed by atoms with Crippen LogP contribution in [0.15, 0.2) is 59.5 Å². The zero-order valence-electron chi connectivity index (χ0n) is 12.6. The van der Waals surface area contributed by atoms with Gasteiger partial charge in [0.2, 0.25) is 5.91 Å². The number of hydrogen-bond acceptors (Lipinski definition) is 4. The molecular formula is C17H14ClFN4O. The Bertz CT molecular complexity index is 821. The van der Waals surface area contributed by atoms with E-state index in [2.05, 4.69) is 20.8 Å². The van der Waals surface area contributed by atoms with E-state index in [-0.39, 0.29) is 17.5 Å². The number of carbonyl (C=O) groups is 1. The predicted molar refractivity (Wildman–Crippen MR) is 90.1 cm³/mol. The number of hydrazone groups is 1. The Morgan fingerprint density at radius 2 is 2.08 bits per heavy atom. The van der Waals surface area contributed by atoms with E-state index in [1.165, 1.54) is 12.1 Å². The van der Waals surface area contributed by atoms with Gasteiger partial charge < -0.3 is 10.7 Å². The van der Waals surface area contributed by atoms with Crippen molar-refractivity contribution < 1.29 is 9.18 Å².